The van der Waals surface area contributed by atoms with Gasteiger partial charge in [-0.2, -0.15) is 21.6 Å². The Morgan fingerprint density at radius 2 is 1.86 bits per heavy atom. The zero-order valence-corrected chi connectivity index (χ0v) is 7.70. The third-order valence-electron chi connectivity index (χ3n) is 0.897. The maximum atomic E-state index is 11.6. The number of carbonyl (C=O) groups is 1. The molecule has 0 aromatic rings. The van der Waals surface area contributed by atoms with Gasteiger partial charge in [0, 0.05) is 5.57 Å². The van der Waals surface area contributed by atoms with E-state index in [4.69, 9.17) is 0 Å². The third kappa shape index (κ3) is 3.34. The highest BCUT2D eigenvalue weighted by molar-refractivity contribution is 7.90. The molecule has 0 radical (unpaired) electrons. The van der Waals surface area contributed by atoms with E-state index in [1.54, 1.807) is 0 Å². The summed E-state index contributed by atoms with van der Waals surface area (Å²) in [6.45, 7) is 4.17. The Bertz CT molecular complexity index is 344. The Balaban J connectivity index is 4.44. The number of alkyl halides is 3. The largest absolute Gasteiger partial charge is 0.514 e. The molecule has 0 saturated heterocycles. The number of halogens is 3. The molecule has 0 bridgehead atoms. The normalized spacial score (nSPS) is 12.3. The SMILES string of the molecule is C=C(C)C(=O)ONS(=O)(=O)C(F)(F)F. The molecule has 0 saturated carbocycles. The topological polar surface area (TPSA) is 72.5 Å². The summed E-state index contributed by atoms with van der Waals surface area (Å²) in [5.74, 6) is -1.29. The van der Waals surface area contributed by atoms with Gasteiger partial charge in [0.1, 0.15) is 0 Å². The lowest BCUT2D eigenvalue weighted by atomic mass is 10.4. The standard InChI is InChI=1S/C5H6F3NO4S/c1-3(2)4(10)13-9-14(11,12)5(6,7)8/h9H,1H2,2H3. The van der Waals surface area contributed by atoms with E-state index < -0.39 is 21.5 Å². The highest BCUT2D eigenvalue weighted by atomic mass is 32.2. The van der Waals surface area contributed by atoms with Crippen LogP contribution in [0, 0.1) is 0 Å². The molecule has 5 nitrogen and oxygen atoms in total. The summed E-state index contributed by atoms with van der Waals surface area (Å²) in [5, 5.41) is 0. The Hall–Kier alpha value is -1.09. The van der Waals surface area contributed by atoms with E-state index in [0.717, 1.165) is 6.92 Å². The van der Waals surface area contributed by atoms with Gasteiger partial charge in [-0.15, -0.1) is 0 Å². The van der Waals surface area contributed by atoms with E-state index in [0.29, 0.717) is 4.89 Å². The van der Waals surface area contributed by atoms with Crippen molar-refractivity contribution in [3.05, 3.63) is 12.2 Å². The van der Waals surface area contributed by atoms with Crippen molar-refractivity contribution in [3.8, 4) is 0 Å². The number of rotatable bonds is 3. The van der Waals surface area contributed by atoms with E-state index in [2.05, 4.69) is 11.4 Å². The molecule has 0 spiro atoms. The van der Waals surface area contributed by atoms with Crippen molar-refractivity contribution in [2.75, 3.05) is 0 Å². The quantitative estimate of drug-likeness (QED) is 0.567. The Labute approximate surface area is 77.5 Å². The van der Waals surface area contributed by atoms with Crippen LogP contribution in [0.15, 0.2) is 12.2 Å². The summed E-state index contributed by atoms with van der Waals surface area (Å²) >= 11 is 0. The Morgan fingerprint density at radius 3 is 2.14 bits per heavy atom. The van der Waals surface area contributed by atoms with E-state index in [1.807, 2.05) is 0 Å². The molecular formula is C5H6F3NO4S. The number of hydrogen-bond donors (Lipinski definition) is 1. The van der Waals surface area contributed by atoms with E-state index in [1.165, 1.54) is 0 Å². The summed E-state index contributed by atoms with van der Waals surface area (Å²) in [6, 6.07) is 0. The molecule has 0 aliphatic carbocycles. The maximum Gasteiger partial charge on any atom is 0.514 e. The van der Waals surface area contributed by atoms with Crippen molar-refractivity contribution in [2.45, 2.75) is 12.4 Å². The summed E-state index contributed by atoms with van der Waals surface area (Å²) in [6.07, 6.45) is 0. The van der Waals surface area contributed by atoms with Crippen LogP contribution in [-0.2, 0) is 19.7 Å². The average Bonchev–Trinajstić information content (AvgIpc) is 1.97. The molecule has 14 heavy (non-hydrogen) atoms. The second-order valence-electron chi connectivity index (χ2n) is 2.20. The second kappa shape index (κ2) is 3.96. The summed E-state index contributed by atoms with van der Waals surface area (Å²) in [7, 11) is -5.66. The predicted molar refractivity (Wildman–Crippen MR) is 39.0 cm³/mol. The smallest absolute Gasteiger partial charge is 0.351 e. The van der Waals surface area contributed by atoms with Gasteiger partial charge in [0.15, 0.2) is 0 Å². The number of nitrogens with one attached hydrogen (secondary N) is 1. The lowest BCUT2D eigenvalue weighted by Crippen LogP contribution is -2.37. The fraction of sp³-hybridized carbons (Fsp3) is 0.400. The predicted octanol–water partition coefficient (Wildman–Crippen LogP) is 0.460. The third-order valence-corrected chi connectivity index (χ3v) is 1.81. The van der Waals surface area contributed by atoms with Gasteiger partial charge in [-0.05, 0) is 11.8 Å². The molecule has 1 N–H and O–H groups in total. The highest BCUT2D eigenvalue weighted by Gasteiger charge is 2.47. The fourth-order valence-corrected chi connectivity index (χ4v) is 0.507. The molecule has 0 heterocycles. The number of carbonyl (C=O) groups excluding carboxylic acids is 1. The van der Waals surface area contributed by atoms with Crippen molar-refractivity contribution in [2.24, 2.45) is 0 Å². The molecule has 82 valence electrons. The van der Waals surface area contributed by atoms with Crippen LogP contribution in [0.25, 0.3) is 0 Å². The Morgan fingerprint density at radius 1 is 1.43 bits per heavy atom. The monoisotopic (exact) mass is 233 g/mol. The molecule has 0 unspecified atom stereocenters. The second-order valence-corrected chi connectivity index (χ2v) is 3.84. The first-order valence-electron chi connectivity index (χ1n) is 3.02. The van der Waals surface area contributed by atoms with E-state index in [-0.39, 0.29) is 5.57 Å². The van der Waals surface area contributed by atoms with E-state index in [9.17, 15) is 26.4 Å². The number of sulfonamides is 1. The first-order chi connectivity index (χ1) is 6.08. The van der Waals surface area contributed by atoms with E-state index >= 15 is 0 Å². The van der Waals surface area contributed by atoms with Gasteiger partial charge in [0.25, 0.3) is 0 Å². The lowest BCUT2D eigenvalue weighted by molar-refractivity contribution is -0.143. The van der Waals surface area contributed by atoms with Crippen LogP contribution in [0.3, 0.4) is 0 Å². The molecule has 0 atom stereocenters. The first-order valence-corrected chi connectivity index (χ1v) is 4.51. The molecule has 9 heteroatoms. The molecule has 0 rings (SSSR count). The minimum absolute atomic E-state index is 0.241. The van der Waals surface area contributed by atoms with Crippen molar-refractivity contribution >= 4 is 16.0 Å². The first kappa shape index (κ1) is 12.9. The minimum atomic E-state index is -5.66. The zero-order chi connectivity index (χ0) is 11.6. The van der Waals surface area contributed by atoms with Gasteiger partial charge in [-0.1, -0.05) is 6.58 Å². The van der Waals surface area contributed by atoms with Crippen molar-refractivity contribution in [1.82, 2.24) is 4.89 Å². The molecule has 0 amide bonds. The zero-order valence-electron chi connectivity index (χ0n) is 6.88. The highest BCUT2D eigenvalue weighted by Crippen LogP contribution is 2.21. The van der Waals surface area contributed by atoms with Gasteiger partial charge in [0.05, 0.1) is 0 Å². The van der Waals surface area contributed by atoms with Crippen LogP contribution in [0.1, 0.15) is 6.92 Å². The van der Waals surface area contributed by atoms with Crippen molar-refractivity contribution in [3.63, 3.8) is 0 Å². The van der Waals surface area contributed by atoms with Crippen LogP contribution in [-0.4, -0.2) is 19.9 Å². The summed E-state index contributed by atoms with van der Waals surface area (Å²) in [5.41, 5.74) is -5.77. The van der Waals surface area contributed by atoms with Crippen LogP contribution in [0.5, 0.6) is 0 Å². The van der Waals surface area contributed by atoms with Crippen LogP contribution < -0.4 is 4.89 Å². The Kier molecular flexibility index (Phi) is 3.66. The van der Waals surface area contributed by atoms with Crippen LogP contribution in [0.4, 0.5) is 13.2 Å². The number of hydrogen-bond acceptors (Lipinski definition) is 4. The van der Waals surface area contributed by atoms with Gasteiger partial charge >= 0.3 is 21.5 Å². The maximum absolute atomic E-state index is 11.6. The molecular weight excluding hydrogens is 227 g/mol. The van der Waals surface area contributed by atoms with Gasteiger partial charge in [-0.25, -0.2) is 4.79 Å². The molecule has 0 aliphatic rings. The molecule has 0 fully saturated rings. The van der Waals surface area contributed by atoms with Gasteiger partial charge < -0.3 is 4.84 Å². The van der Waals surface area contributed by atoms with Crippen LogP contribution >= 0.6 is 0 Å². The average molecular weight is 233 g/mol. The summed E-state index contributed by atoms with van der Waals surface area (Å²) in [4.78, 5) is 14.7. The molecule has 0 aliphatic heterocycles. The fourth-order valence-electron chi connectivity index (χ4n) is 0.227. The lowest BCUT2D eigenvalue weighted by Gasteiger charge is -2.08. The van der Waals surface area contributed by atoms with Crippen molar-refractivity contribution < 1.29 is 31.2 Å². The van der Waals surface area contributed by atoms with Crippen molar-refractivity contribution in [1.29, 1.82) is 0 Å². The van der Waals surface area contributed by atoms with Gasteiger partial charge in [0.2, 0.25) is 0 Å². The molecule has 0 aromatic carbocycles. The van der Waals surface area contributed by atoms with Crippen LogP contribution in [0.2, 0.25) is 0 Å². The van der Waals surface area contributed by atoms with Gasteiger partial charge in [-0.3, -0.25) is 0 Å². The molecule has 0 aromatic heterocycles. The minimum Gasteiger partial charge on any atom is -0.351 e. The summed E-state index contributed by atoms with van der Waals surface area (Å²) < 4.78 is 55.3.